The van der Waals surface area contributed by atoms with Crippen LogP contribution in [0.4, 0.5) is 11.4 Å². The lowest BCUT2D eigenvalue weighted by atomic mass is 9.94. The van der Waals surface area contributed by atoms with Crippen LogP contribution < -0.4 is 0 Å². The van der Waals surface area contributed by atoms with E-state index in [-0.39, 0.29) is 0 Å². The van der Waals surface area contributed by atoms with E-state index in [0.717, 1.165) is 90.1 Å². The summed E-state index contributed by atoms with van der Waals surface area (Å²) in [5.41, 5.74) is 19.1. The number of aliphatic imine (C=N–C) groups is 3. The number of hydrogen-bond donors (Lipinski definition) is 0. The van der Waals surface area contributed by atoms with E-state index in [9.17, 15) is 0 Å². The molecule has 12 aromatic rings. The highest BCUT2D eigenvalue weighted by Gasteiger charge is 2.27. The van der Waals surface area contributed by atoms with Gasteiger partial charge in [0.15, 0.2) is 0 Å². The molecule has 0 fully saturated rings. The predicted octanol–water partition coefficient (Wildman–Crippen LogP) is 20.2. The molecule has 13 rings (SSSR count). The highest BCUT2D eigenvalue weighted by Crippen LogP contribution is 2.40. The number of para-hydroxylation sites is 2. The van der Waals surface area contributed by atoms with Crippen LogP contribution in [0.3, 0.4) is 0 Å². The van der Waals surface area contributed by atoms with Gasteiger partial charge in [0.25, 0.3) is 0 Å². The molecule has 0 amide bonds. The largest absolute Gasteiger partial charge is 0.321 e. The molecule has 1 heterocycles. The average Bonchev–Trinajstić information content (AvgIpc) is 3.58. The molecule has 0 saturated heterocycles. The third-order valence-electron chi connectivity index (χ3n) is 15.8. The summed E-state index contributed by atoms with van der Waals surface area (Å²) < 4.78 is 0. The molecule has 0 bridgehead atoms. The molecule has 12 aromatic carbocycles. The first-order valence-electron chi connectivity index (χ1n) is 27.9. The lowest BCUT2D eigenvalue weighted by Gasteiger charge is -2.34. The van der Waals surface area contributed by atoms with Crippen molar-refractivity contribution in [1.29, 1.82) is 0 Å². The lowest BCUT2D eigenvalue weighted by molar-refractivity contribution is 0.570. The monoisotopic (exact) mass is 1050 g/mol. The van der Waals surface area contributed by atoms with E-state index >= 15 is 0 Å². The van der Waals surface area contributed by atoms with Crippen LogP contribution in [0.15, 0.2) is 282 Å². The van der Waals surface area contributed by atoms with Crippen molar-refractivity contribution in [1.82, 2.24) is 4.90 Å². The fourth-order valence-electron chi connectivity index (χ4n) is 11.4. The van der Waals surface area contributed by atoms with Crippen molar-refractivity contribution in [2.75, 3.05) is 0 Å². The molecule has 0 aromatic heterocycles. The molecule has 0 radical (unpaired) electrons. The first-order chi connectivity index (χ1) is 40.3. The average molecular weight is 1050 g/mol. The number of rotatable bonds is 11. The molecule has 0 aliphatic carbocycles. The maximum Gasteiger partial charge on any atom is 0.141 e. The molecular weight excluding hydrogens is 993 g/mol. The summed E-state index contributed by atoms with van der Waals surface area (Å²) in [4.78, 5) is 18.7. The molecule has 392 valence electrons. The topological polar surface area (TPSA) is 40.3 Å². The van der Waals surface area contributed by atoms with Gasteiger partial charge in [-0.05, 0) is 157 Å². The Bertz CT molecular complexity index is 4590. The summed E-state index contributed by atoms with van der Waals surface area (Å²) in [6, 6.07) is 95.8. The summed E-state index contributed by atoms with van der Waals surface area (Å²) in [6.07, 6.45) is 8.00. The minimum absolute atomic E-state index is 0.679. The first-order valence-corrected chi connectivity index (χ1v) is 27.9. The number of amidine groups is 1. The third kappa shape index (κ3) is 10.6. The number of terminal acetylenes is 1. The van der Waals surface area contributed by atoms with E-state index in [2.05, 4.69) is 312 Å². The molecular formula is C78H60N4. The van der Waals surface area contributed by atoms with Gasteiger partial charge in [-0.2, -0.15) is 0 Å². The molecule has 1 aliphatic heterocycles. The predicted molar refractivity (Wildman–Crippen MR) is 351 cm³/mol. The number of allylic oxidation sites excluding steroid dienone is 2. The summed E-state index contributed by atoms with van der Waals surface area (Å²) >= 11 is 0. The normalized spacial score (nSPS) is 13.2. The maximum absolute atomic E-state index is 5.49. The molecule has 1 aliphatic rings. The Morgan fingerprint density at radius 1 is 0.378 bits per heavy atom. The zero-order valence-corrected chi connectivity index (χ0v) is 46.6. The van der Waals surface area contributed by atoms with E-state index in [1.807, 2.05) is 0 Å². The Balaban J connectivity index is 0.00000329. The number of hydrogen-bond acceptors (Lipinski definition) is 4. The van der Waals surface area contributed by atoms with Crippen molar-refractivity contribution < 1.29 is 0 Å². The fourth-order valence-corrected chi connectivity index (χ4v) is 11.4. The zero-order chi connectivity index (χ0) is 56.1. The van der Waals surface area contributed by atoms with Gasteiger partial charge in [0, 0.05) is 28.1 Å². The highest BCUT2D eigenvalue weighted by molar-refractivity contribution is 6.11. The van der Waals surface area contributed by atoms with Crippen LogP contribution in [0.2, 0.25) is 0 Å². The molecule has 4 nitrogen and oxygen atoms in total. The van der Waals surface area contributed by atoms with E-state index in [0.29, 0.717) is 6.54 Å². The Labute approximate surface area is 481 Å². The van der Waals surface area contributed by atoms with Crippen molar-refractivity contribution in [2.45, 2.75) is 34.2 Å². The number of nitrogens with zero attached hydrogens (tertiary/aromatic N) is 4. The van der Waals surface area contributed by atoms with Gasteiger partial charge in [-0.25, -0.2) is 4.99 Å². The zero-order valence-electron chi connectivity index (χ0n) is 46.6. The summed E-state index contributed by atoms with van der Waals surface area (Å²) in [5.74, 6) is 0.919. The molecule has 0 unspecified atom stereocenters. The van der Waals surface area contributed by atoms with Crippen molar-refractivity contribution in [3.05, 3.63) is 311 Å². The van der Waals surface area contributed by atoms with E-state index < -0.39 is 0 Å². The Kier molecular flexibility index (Phi) is 14.7. The molecule has 4 heteroatoms. The van der Waals surface area contributed by atoms with E-state index in [4.69, 9.17) is 15.0 Å². The fraction of sp³-hybridized carbons (Fsp3) is 0.0641. The van der Waals surface area contributed by atoms with Crippen molar-refractivity contribution >= 4 is 94.3 Å². The van der Waals surface area contributed by atoms with Gasteiger partial charge in [0.1, 0.15) is 5.84 Å². The quantitative estimate of drug-likeness (QED) is 0.0723. The Hall–Kier alpha value is -10.5. The Morgan fingerprint density at radius 3 is 1.37 bits per heavy atom. The molecule has 0 saturated carbocycles. The van der Waals surface area contributed by atoms with Crippen molar-refractivity contribution in [3.8, 4) is 24.0 Å². The van der Waals surface area contributed by atoms with Gasteiger partial charge in [-0.1, -0.05) is 231 Å². The molecule has 82 heavy (non-hydrogen) atoms. The highest BCUT2D eigenvalue weighted by atomic mass is 15.2. The Morgan fingerprint density at radius 2 is 0.793 bits per heavy atom. The second-order valence-electron chi connectivity index (χ2n) is 20.9. The summed E-state index contributed by atoms with van der Waals surface area (Å²) in [6.45, 7) is 9.32. The van der Waals surface area contributed by atoms with E-state index in [1.54, 1.807) is 0 Å². The van der Waals surface area contributed by atoms with Gasteiger partial charge < -0.3 is 4.90 Å². The second kappa shape index (κ2) is 23.1. The summed E-state index contributed by atoms with van der Waals surface area (Å²) in [7, 11) is 0. The van der Waals surface area contributed by atoms with Crippen molar-refractivity contribution in [2.24, 2.45) is 15.0 Å². The van der Waals surface area contributed by atoms with Gasteiger partial charge in [-0.15, -0.1) is 12.8 Å². The first kappa shape index (κ1) is 52.2. The van der Waals surface area contributed by atoms with Crippen LogP contribution in [0.25, 0.3) is 76.8 Å². The molecule has 0 spiro atoms. The van der Waals surface area contributed by atoms with E-state index in [1.165, 1.54) is 59.8 Å². The van der Waals surface area contributed by atoms with Gasteiger partial charge >= 0.3 is 0 Å². The van der Waals surface area contributed by atoms with Crippen LogP contribution in [-0.4, -0.2) is 22.2 Å². The van der Waals surface area contributed by atoms with Crippen molar-refractivity contribution in [3.63, 3.8) is 0 Å². The molecule has 0 N–H and O–H groups in total. The number of fused-ring (bicyclic) bond motifs is 5. The van der Waals surface area contributed by atoms with Crippen LogP contribution in [0.1, 0.15) is 72.2 Å². The van der Waals surface area contributed by atoms with Gasteiger partial charge in [-0.3, -0.25) is 9.98 Å². The van der Waals surface area contributed by atoms with Gasteiger partial charge in [0.2, 0.25) is 0 Å². The number of benzene rings is 12. The maximum atomic E-state index is 5.49. The SMILES string of the molecule is C#C.CC(=Nc1ccccc1C(C)=N/C(=C(\C)c1ccc2ccccc2c1)c1ccc2ccccc2c1)c1ccc(-c2ccc(C3=Nc4ccccc4CN3/C(=C(\C)c3ccc4ccccc4c3)c3ccc4ccccc4c3)cc2)cc1. The standard InChI is InChI=1S/C76H58N4.C2H2/c1-50(62-41-35-55-17-5-9-21-64(55)45-62)74(68-43-37-57-19-7-11-23-66(57)47-68)78-53(4)71-26-14-16-28-73(71)77-52(3)54-29-31-59(32-30-54)60-33-39-61(40-34-60)76-79-72-27-15-13-25-70(72)49-80(76)75(69-44-38-58-20-8-12-24-67(58)48-69)51(2)63-42-36-56-18-6-10-22-65(56)46-63;1-2/h5-48H,49H2,1-4H3;1-2H/b74-50+,75-51+,77-52?,78-53?;. The van der Waals surface area contributed by atoms with Crippen LogP contribution >= 0.6 is 0 Å². The smallest absolute Gasteiger partial charge is 0.141 e. The lowest BCUT2D eigenvalue weighted by Crippen LogP contribution is -2.32. The minimum atomic E-state index is 0.679. The second-order valence-corrected chi connectivity index (χ2v) is 20.9. The summed E-state index contributed by atoms with van der Waals surface area (Å²) in [5, 5.41) is 9.67. The van der Waals surface area contributed by atoms with Crippen LogP contribution in [0.5, 0.6) is 0 Å². The van der Waals surface area contributed by atoms with Crippen LogP contribution in [-0.2, 0) is 6.54 Å². The molecule has 0 atom stereocenters. The van der Waals surface area contributed by atoms with Gasteiger partial charge in [0.05, 0.1) is 29.3 Å². The third-order valence-corrected chi connectivity index (χ3v) is 15.8. The minimum Gasteiger partial charge on any atom is -0.321 e. The van der Waals surface area contributed by atoms with Crippen LogP contribution in [0, 0.1) is 12.8 Å².